The molecule has 2 aliphatic rings. The summed E-state index contributed by atoms with van der Waals surface area (Å²) >= 11 is 0. The van der Waals surface area contributed by atoms with E-state index >= 15 is 0 Å². The Morgan fingerprint density at radius 1 is 1.12 bits per heavy atom. The quantitative estimate of drug-likeness (QED) is 0.832. The third kappa shape index (κ3) is 1.98. The zero-order chi connectivity index (χ0) is 16.7. The number of nitrogens with one attached hydrogen (secondary N) is 2. The first-order valence-corrected chi connectivity index (χ1v) is 7.96. The van der Waals surface area contributed by atoms with Crippen LogP contribution in [0.2, 0.25) is 0 Å². The van der Waals surface area contributed by atoms with E-state index in [0.29, 0.717) is 6.42 Å². The van der Waals surface area contributed by atoms with Gasteiger partial charge in [0, 0.05) is 5.69 Å². The van der Waals surface area contributed by atoms with Gasteiger partial charge in [-0.25, -0.2) is 0 Å². The van der Waals surface area contributed by atoms with Crippen molar-refractivity contribution in [1.82, 2.24) is 5.32 Å². The van der Waals surface area contributed by atoms with Gasteiger partial charge in [0.1, 0.15) is 6.04 Å². The predicted octanol–water partition coefficient (Wildman–Crippen LogP) is 2.15. The lowest BCUT2D eigenvalue weighted by atomic mass is 9.72. The standard InChI is InChI=1S/C19H18N2O3/c1-24-17(22)15-11-19(16(20-15)12-7-3-2-4-8-12)13-9-5-6-10-14(13)21-18(19)23/h2-10,15-16,20H,11H2,1H3,(H,21,23)/t15-,16-,19-/m1/s1. The SMILES string of the molecule is COC(=O)[C@H]1C[C@]2(C(=O)Nc3ccccc32)[C@@H](c2ccccc2)N1. The molecule has 122 valence electrons. The minimum Gasteiger partial charge on any atom is -0.468 e. The number of hydrogen-bond donors (Lipinski definition) is 2. The highest BCUT2D eigenvalue weighted by atomic mass is 16.5. The summed E-state index contributed by atoms with van der Waals surface area (Å²) in [4.78, 5) is 25.1. The summed E-state index contributed by atoms with van der Waals surface area (Å²) in [7, 11) is 1.37. The maximum absolute atomic E-state index is 13.0. The first-order chi connectivity index (χ1) is 11.7. The summed E-state index contributed by atoms with van der Waals surface area (Å²) < 4.78 is 4.91. The number of esters is 1. The van der Waals surface area contributed by atoms with Gasteiger partial charge in [0.15, 0.2) is 0 Å². The van der Waals surface area contributed by atoms with E-state index in [9.17, 15) is 9.59 Å². The van der Waals surface area contributed by atoms with Gasteiger partial charge in [-0.1, -0.05) is 48.5 Å². The first kappa shape index (κ1) is 14.9. The zero-order valence-corrected chi connectivity index (χ0v) is 13.3. The Kier molecular flexibility index (Phi) is 3.39. The number of hydrogen-bond acceptors (Lipinski definition) is 4. The van der Waals surface area contributed by atoms with Gasteiger partial charge in [0.2, 0.25) is 5.91 Å². The van der Waals surface area contributed by atoms with Gasteiger partial charge >= 0.3 is 5.97 Å². The maximum Gasteiger partial charge on any atom is 0.322 e. The van der Waals surface area contributed by atoms with E-state index in [-0.39, 0.29) is 17.9 Å². The molecule has 0 aromatic heterocycles. The summed E-state index contributed by atoms with van der Waals surface area (Å²) in [6, 6.07) is 16.7. The lowest BCUT2D eigenvalue weighted by molar-refractivity contribution is -0.142. The van der Waals surface area contributed by atoms with Crippen molar-refractivity contribution in [3.05, 3.63) is 65.7 Å². The minimum absolute atomic E-state index is 0.0727. The second-order valence-electron chi connectivity index (χ2n) is 6.26. The number of carbonyl (C=O) groups excluding carboxylic acids is 2. The maximum atomic E-state index is 13.0. The molecular weight excluding hydrogens is 304 g/mol. The Morgan fingerprint density at radius 3 is 2.58 bits per heavy atom. The normalized spacial score (nSPS) is 27.8. The molecule has 1 amide bonds. The Bertz CT molecular complexity index is 805. The Morgan fingerprint density at radius 2 is 1.83 bits per heavy atom. The first-order valence-electron chi connectivity index (χ1n) is 7.96. The van der Waals surface area contributed by atoms with Crippen molar-refractivity contribution < 1.29 is 14.3 Å². The van der Waals surface area contributed by atoms with E-state index in [2.05, 4.69) is 10.6 Å². The van der Waals surface area contributed by atoms with Crippen LogP contribution >= 0.6 is 0 Å². The number of fused-ring (bicyclic) bond motifs is 2. The summed E-state index contributed by atoms with van der Waals surface area (Å²) in [5, 5.41) is 6.30. The Hall–Kier alpha value is -2.66. The molecule has 5 nitrogen and oxygen atoms in total. The number of amides is 1. The highest BCUT2D eigenvalue weighted by Gasteiger charge is 2.59. The van der Waals surface area contributed by atoms with Crippen LogP contribution in [0.4, 0.5) is 5.69 Å². The van der Waals surface area contributed by atoms with Crippen LogP contribution in [0.3, 0.4) is 0 Å². The number of benzene rings is 2. The number of rotatable bonds is 2. The molecule has 0 radical (unpaired) electrons. The smallest absolute Gasteiger partial charge is 0.322 e. The molecule has 2 aromatic carbocycles. The second kappa shape index (κ2) is 5.46. The van der Waals surface area contributed by atoms with Crippen LogP contribution in [-0.4, -0.2) is 25.0 Å². The lowest BCUT2D eigenvalue weighted by Gasteiger charge is -2.29. The van der Waals surface area contributed by atoms with Gasteiger partial charge in [-0.2, -0.15) is 0 Å². The van der Waals surface area contributed by atoms with E-state index in [1.165, 1.54) is 7.11 Å². The number of ether oxygens (including phenoxy) is 1. The fourth-order valence-electron chi connectivity index (χ4n) is 3.99. The van der Waals surface area contributed by atoms with Crippen molar-refractivity contribution in [2.75, 3.05) is 12.4 Å². The van der Waals surface area contributed by atoms with Crippen LogP contribution in [0.15, 0.2) is 54.6 Å². The third-order valence-electron chi connectivity index (χ3n) is 5.07. The average molecular weight is 322 g/mol. The summed E-state index contributed by atoms with van der Waals surface area (Å²) in [6.07, 6.45) is 0.377. The van der Waals surface area contributed by atoms with Crippen LogP contribution in [0.25, 0.3) is 0 Å². The van der Waals surface area contributed by atoms with Crippen LogP contribution in [0, 0.1) is 0 Å². The number of carbonyl (C=O) groups is 2. The van der Waals surface area contributed by atoms with Crippen LogP contribution in [-0.2, 0) is 19.7 Å². The molecule has 0 unspecified atom stereocenters. The molecule has 1 saturated heterocycles. The van der Waals surface area contributed by atoms with E-state index in [1.807, 2.05) is 54.6 Å². The molecule has 2 aromatic rings. The molecule has 5 heteroatoms. The monoisotopic (exact) mass is 322 g/mol. The van der Waals surface area contributed by atoms with Crippen LogP contribution < -0.4 is 10.6 Å². The predicted molar refractivity (Wildman–Crippen MR) is 89.5 cm³/mol. The molecule has 2 heterocycles. The van der Waals surface area contributed by atoms with E-state index in [0.717, 1.165) is 16.8 Å². The van der Waals surface area contributed by atoms with Gasteiger partial charge in [-0.05, 0) is 23.6 Å². The van der Waals surface area contributed by atoms with Crippen molar-refractivity contribution in [2.45, 2.75) is 23.9 Å². The van der Waals surface area contributed by atoms with Crippen molar-refractivity contribution in [1.29, 1.82) is 0 Å². The molecule has 0 bridgehead atoms. The zero-order valence-electron chi connectivity index (χ0n) is 13.3. The fourth-order valence-corrected chi connectivity index (χ4v) is 3.99. The van der Waals surface area contributed by atoms with Crippen molar-refractivity contribution in [2.24, 2.45) is 0 Å². The fraction of sp³-hybridized carbons (Fsp3) is 0.263. The van der Waals surface area contributed by atoms with Gasteiger partial charge in [0.25, 0.3) is 0 Å². The van der Waals surface area contributed by atoms with Crippen molar-refractivity contribution in [3.63, 3.8) is 0 Å². The van der Waals surface area contributed by atoms with E-state index < -0.39 is 11.5 Å². The van der Waals surface area contributed by atoms with Gasteiger partial charge < -0.3 is 10.1 Å². The van der Waals surface area contributed by atoms with Crippen LogP contribution in [0.5, 0.6) is 0 Å². The van der Waals surface area contributed by atoms with Gasteiger partial charge in [-0.15, -0.1) is 0 Å². The Labute approximate surface area is 140 Å². The Balaban J connectivity index is 1.87. The average Bonchev–Trinajstić information content (AvgIpc) is 3.16. The summed E-state index contributed by atoms with van der Waals surface area (Å²) in [5.74, 6) is -0.415. The molecular formula is C19H18N2O3. The van der Waals surface area contributed by atoms with Crippen molar-refractivity contribution >= 4 is 17.6 Å². The largest absolute Gasteiger partial charge is 0.468 e. The minimum atomic E-state index is -0.809. The highest BCUT2D eigenvalue weighted by Crippen LogP contribution is 2.52. The topological polar surface area (TPSA) is 67.4 Å². The molecule has 24 heavy (non-hydrogen) atoms. The molecule has 1 fully saturated rings. The molecule has 2 N–H and O–H groups in total. The van der Waals surface area contributed by atoms with Gasteiger partial charge in [-0.3, -0.25) is 14.9 Å². The molecule has 2 aliphatic heterocycles. The van der Waals surface area contributed by atoms with Crippen molar-refractivity contribution in [3.8, 4) is 0 Å². The molecule has 1 spiro atoms. The van der Waals surface area contributed by atoms with Crippen LogP contribution in [0.1, 0.15) is 23.6 Å². The molecule has 0 saturated carbocycles. The van der Waals surface area contributed by atoms with E-state index in [4.69, 9.17) is 4.74 Å². The lowest BCUT2D eigenvalue weighted by Crippen LogP contribution is -2.39. The number of para-hydroxylation sites is 1. The number of anilines is 1. The second-order valence-corrected chi connectivity index (χ2v) is 6.26. The molecule has 4 rings (SSSR count). The summed E-state index contributed by atoms with van der Waals surface area (Å²) in [6.45, 7) is 0. The number of methoxy groups -OCH3 is 1. The summed E-state index contributed by atoms with van der Waals surface area (Å²) in [5.41, 5.74) is 1.92. The van der Waals surface area contributed by atoms with Gasteiger partial charge in [0.05, 0.1) is 18.6 Å². The third-order valence-corrected chi connectivity index (χ3v) is 5.07. The molecule has 0 aliphatic carbocycles. The highest BCUT2D eigenvalue weighted by molar-refractivity contribution is 6.08. The van der Waals surface area contributed by atoms with E-state index in [1.54, 1.807) is 0 Å². The molecule has 3 atom stereocenters.